The third kappa shape index (κ3) is 3.19. The molecule has 0 aliphatic carbocycles. The molecule has 0 unspecified atom stereocenters. The number of benzene rings is 2. The summed E-state index contributed by atoms with van der Waals surface area (Å²) in [6.45, 7) is 0. The Balaban J connectivity index is 1.65. The van der Waals surface area contributed by atoms with Crippen molar-refractivity contribution in [2.45, 2.75) is 0 Å². The minimum Gasteiger partial charge on any atom is -0.457 e. The highest BCUT2D eigenvalue weighted by atomic mass is 16.6. The van der Waals surface area contributed by atoms with Gasteiger partial charge in [-0.05, 0) is 36.4 Å². The molecule has 0 radical (unpaired) electrons. The van der Waals surface area contributed by atoms with Gasteiger partial charge in [0.15, 0.2) is 0 Å². The Morgan fingerprint density at radius 3 is 2.63 bits per heavy atom. The Labute approximate surface area is 153 Å². The maximum absolute atomic E-state index is 10.7. The minimum atomic E-state index is -0.452. The lowest BCUT2D eigenvalue weighted by Crippen LogP contribution is -1.86. The van der Waals surface area contributed by atoms with Crippen LogP contribution in [-0.2, 0) is 0 Å². The third-order valence-electron chi connectivity index (χ3n) is 4.04. The van der Waals surface area contributed by atoms with Gasteiger partial charge in [-0.2, -0.15) is 5.26 Å². The maximum atomic E-state index is 10.7. The number of aromatic amines is 1. The molecule has 0 aliphatic heterocycles. The van der Waals surface area contributed by atoms with Crippen molar-refractivity contribution in [3.63, 3.8) is 0 Å². The first kappa shape index (κ1) is 16.3. The number of nitriles is 1. The first-order valence-corrected chi connectivity index (χ1v) is 8.05. The fraction of sp³-hybridized carbons (Fsp3) is 0. The number of fused-ring (bicyclic) bond motifs is 1. The number of imidazole rings is 1. The van der Waals surface area contributed by atoms with Crippen molar-refractivity contribution < 1.29 is 9.34 Å². The summed E-state index contributed by atoms with van der Waals surface area (Å²) in [6, 6.07) is 19.2. The van der Waals surface area contributed by atoms with Crippen LogP contribution in [0, 0.1) is 21.4 Å². The predicted molar refractivity (Wildman–Crippen MR) is 100 cm³/mol. The summed E-state index contributed by atoms with van der Waals surface area (Å²) < 4.78 is 5.76. The second-order valence-corrected chi connectivity index (χ2v) is 5.78. The van der Waals surface area contributed by atoms with Gasteiger partial charge < -0.3 is 9.40 Å². The standard InChI is InChI=1S/C20H12N4O3/c21-12-14(20-22-17-3-1-2-4-18(17)23-20)11-16-9-10-19(27-16)13-5-7-15(8-6-13)24(25)26/h1-11H,(H,22,23). The van der Waals surface area contributed by atoms with Crippen molar-refractivity contribution in [2.24, 2.45) is 0 Å². The Morgan fingerprint density at radius 1 is 1.15 bits per heavy atom. The molecular formula is C20H12N4O3. The number of aromatic nitrogens is 2. The molecule has 2 aromatic carbocycles. The van der Waals surface area contributed by atoms with E-state index in [1.807, 2.05) is 24.3 Å². The molecular weight excluding hydrogens is 344 g/mol. The van der Waals surface area contributed by atoms with Crippen molar-refractivity contribution >= 4 is 28.4 Å². The zero-order valence-corrected chi connectivity index (χ0v) is 13.9. The number of para-hydroxylation sites is 2. The van der Waals surface area contributed by atoms with Crippen LogP contribution in [0.3, 0.4) is 0 Å². The topological polar surface area (TPSA) is 109 Å². The SMILES string of the molecule is N#CC(=Cc1ccc(-c2ccc([N+](=O)[O-])cc2)o1)c1nc2ccccc2[nH]1. The molecule has 27 heavy (non-hydrogen) atoms. The molecule has 0 saturated carbocycles. The summed E-state index contributed by atoms with van der Waals surface area (Å²) in [7, 11) is 0. The number of nitro benzene ring substituents is 1. The number of rotatable bonds is 4. The van der Waals surface area contributed by atoms with Crippen LogP contribution in [0.4, 0.5) is 5.69 Å². The Bertz CT molecular complexity index is 1180. The second-order valence-electron chi connectivity index (χ2n) is 5.78. The Morgan fingerprint density at radius 2 is 1.93 bits per heavy atom. The van der Waals surface area contributed by atoms with E-state index < -0.39 is 4.92 Å². The molecule has 4 aromatic rings. The van der Waals surface area contributed by atoms with Gasteiger partial charge in [0, 0.05) is 23.8 Å². The van der Waals surface area contributed by atoms with E-state index in [-0.39, 0.29) is 5.69 Å². The number of H-pyrrole nitrogens is 1. The van der Waals surface area contributed by atoms with Crippen molar-refractivity contribution in [3.05, 3.63) is 82.4 Å². The van der Waals surface area contributed by atoms with E-state index in [1.54, 1.807) is 30.3 Å². The number of allylic oxidation sites excluding steroid dienone is 1. The minimum absolute atomic E-state index is 0.0158. The van der Waals surface area contributed by atoms with E-state index in [1.165, 1.54) is 12.1 Å². The number of nitro groups is 1. The molecule has 2 aromatic heterocycles. The number of nitrogens with one attached hydrogen (secondary N) is 1. The third-order valence-corrected chi connectivity index (χ3v) is 4.04. The predicted octanol–water partition coefficient (Wildman–Crippen LogP) is 4.80. The summed E-state index contributed by atoms with van der Waals surface area (Å²) in [5.74, 6) is 1.50. The van der Waals surface area contributed by atoms with E-state index in [4.69, 9.17) is 4.42 Å². The van der Waals surface area contributed by atoms with Gasteiger partial charge in [-0.1, -0.05) is 12.1 Å². The normalized spacial score (nSPS) is 11.4. The molecule has 7 nitrogen and oxygen atoms in total. The van der Waals surface area contributed by atoms with Gasteiger partial charge >= 0.3 is 0 Å². The van der Waals surface area contributed by atoms with Crippen molar-refractivity contribution in [1.82, 2.24) is 9.97 Å². The van der Waals surface area contributed by atoms with Gasteiger partial charge in [-0.25, -0.2) is 4.98 Å². The zero-order chi connectivity index (χ0) is 18.8. The van der Waals surface area contributed by atoms with Gasteiger partial charge in [0.2, 0.25) is 0 Å². The van der Waals surface area contributed by atoms with Crippen molar-refractivity contribution in [3.8, 4) is 17.4 Å². The number of hydrogen-bond donors (Lipinski definition) is 1. The highest BCUT2D eigenvalue weighted by molar-refractivity contribution is 5.89. The maximum Gasteiger partial charge on any atom is 0.269 e. The van der Waals surface area contributed by atoms with E-state index in [0.29, 0.717) is 28.5 Å². The molecule has 4 rings (SSSR count). The highest BCUT2D eigenvalue weighted by Crippen LogP contribution is 2.26. The van der Waals surface area contributed by atoms with E-state index in [9.17, 15) is 15.4 Å². The van der Waals surface area contributed by atoms with Crippen LogP contribution < -0.4 is 0 Å². The summed E-state index contributed by atoms with van der Waals surface area (Å²) in [6.07, 6.45) is 1.60. The fourth-order valence-electron chi connectivity index (χ4n) is 2.71. The van der Waals surface area contributed by atoms with Crippen LogP contribution in [-0.4, -0.2) is 14.9 Å². The lowest BCUT2D eigenvalue weighted by atomic mass is 10.1. The molecule has 130 valence electrons. The quantitative estimate of drug-likeness (QED) is 0.321. The van der Waals surface area contributed by atoms with E-state index in [2.05, 4.69) is 16.0 Å². The summed E-state index contributed by atoms with van der Waals surface area (Å²) in [5, 5.41) is 20.2. The molecule has 0 spiro atoms. The van der Waals surface area contributed by atoms with Gasteiger partial charge in [0.1, 0.15) is 23.4 Å². The smallest absolute Gasteiger partial charge is 0.269 e. The van der Waals surface area contributed by atoms with E-state index >= 15 is 0 Å². The van der Waals surface area contributed by atoms with Crippen molar-refractivity contribution in [1.29, 1.82) is 5.26 Å². The Hall–Kier alpha value is -4.18. The van der Waals surface area contributed by atoms with Gasteiger partial charge in [-0.3, -0.25) is 10.1 Å². The molecule has 1 N–H and O–H groups in total. The average Bonchev–Trinajstić information content (AvgIpc) is 3.33. The van der Waals surface area contributed by atoms with Crippen molar-refractivity contribution in [2.75, 3.05) is 0 Å². The van der Waals surface area contributed by atoms with E-state index in [0.717, 1.165) is 11.0 Å². The van der Waals surface area contributed by atoms with Gasteiger partial charge in [-0.15, -0.1) is 0 Å². The average molecular weight is 356 g/mol. The molecule has 7 heteroatoms. The highest BCUT2D eigenvalue weighted by Gasteiger charge is 2.11. The van der Waals surface area contributed by atoms with Crippen LogP contribution in [0.1, 0.15) is 11.6 Å². The summed E-state index contributed by atoms with van der Waals surface area (Å²) >= 11 is 0. The lowest BCUT2D eigenvalue weighted by Gasteiger charge is -1.97. The Kier molecular flexibility index (Phi) is 3.99. The van der Waals surface area contributed by atoms with Gasteiger partial charge in [0.25, 0.3) is 5.69 Å². The fourth-order valence-corrected chi connectivity index (χ4v) is 2.71. The van der Waals surface area contributed by atoms with Gasteiger partial charge in [0.05, 0.1) is 21.5 Å². The van der Waals surface area contributed by atoms with Crippen LogP contribution in [0.15, 0.2) is 65.1 Å². The molecule has 2 heterocycles. The van der Waals surface area contributed by atoms with Crippen LogP contribution in [0.5, 0.6) is 0 Å². The number of furan rings is 1. The first-order chi connectivity index (χ1) is 13.1. The largest absolute Gasteiger partial charge is 0.457 e. The monoisotopic (exact) mass is 356 g/mol. The second kappa shape index (κ2) is 6.61. The zero-order valence-electron chi connectivity index (χ0n) is 13.9. The number of non-ortho nitro benzene ring substituents is 1. The number of hydrogen-bond acceptors (Lipinski definition) is 5. The molecule has 0 atom stereocenters. The summed E-state index contributed by atoms with van der Waals surface area (Å²) in [5.41, 5.74) is 2.69. The van der Waals surface area contributed by atoms with Crippen LogP contribution >= 0.6 is 0 Å². The lowest BCUT2D eigenvalue weighted by molar-refractivity contribution is -0.384. The molecule has 0 aliphatic rings. The molecule has 0 amide bonds. The first-order valence-electron chi connectivity index (χ1n) is 8.05. The summed E-state index contributed by atoms with van der Waals surface area (Å²) in [4.78, 5) is 17.8. The molecule has 0 fully saturated rings. The molecule has 0 bridgehead atoms. The van der Waals surface area contributed by atoms with Crippen LogP contribution in [0.2, 0.25) is 0 Å². The number of nitrogens with zero attached hydrogens (tertiary/aromatic N) is 3. The molecule has 0 saturated heterocycles. The van der Waals surface area contributed by atoms with Crippen LogP contribution in [0.25, 0.3) is 34.0 Å².